The van der Waals surface area contributed by atoms with Crippen molar-refractivity contribution in [2.45, 2.75) is 25.7 Å². The standard InChI is InChI=1S/C28H22F4N6/c29-18-10-11-23-21(14-18)27(37-36-23)35-26-20-12-13-38(15-17-6-2-1-3-7-17)16-24(20)33-25(34-26)19-8-4-5-9-22(19)28(30,31)32/h1-11,14H,12-13,15-16H2,(H2,33,34,35,36,37). The number of fused-ring (bicyclic) bond motifs is 2. The number of aromatic nitrogens is 4. The summed E-state index contributed by atoms with van der Waals surface area (Å²) in [4.78, 5) is 11.4. The Bertz CT molecular complexity index is 1610. The van der Waals surface area contributed by atoms with E-state index in [4.69, 9.17) is 0 Å². The van der Waals surface area contributed by atoms with Gasteiger partial charge in [0.25, 0.3) is 0 Å². The van der Waals surface area contributed by atoms with E-state index >= 15 is 0 Å². The Labute approximate surface area is 215 Å². The van der Waals surface area contributed by atoms with Crippen molar-refractivity contribution in [3.63, 3.8) is 0 Å². The maximum Gasteiger partial charge on any atom is 0.417 e. The predicted molar refractivity (Wildman–Crippen MR) is 136 cm³/mol. The molecule has 0 aliphatic carbocycles. The Balaban J connectivity index is 1.44. The normalized spacial score (nSPS) is 14.0. The van der Waals surface area contributed by atoms with Crippen LogP contribution in [-0.4, -0.2) is 31.6 Å². The van der Waals surface area contributed by atoms with Gasteiger partial charge in [0.2, 0.25) is 0 Å². The van der Waals surface area contributed by atoms with Gasteiger partial charge in [-0.25, -0.2) is 14.4 Å². The van der Waals surface area contributed by atoms with E-state index in [1.807, 2.05) is 30.3 Å². The summed E-state index contributed by atoms with van der Waals surface area (Å²) in [6.45, 7) is 1.84. The second kappa shape index (κ2) is 9.53. The molecule has 0 unspecified atom stereocenters. The lowest BCUT2D eigenvalue weighted by atomic mass is 10.0. The minimum absolute atomic E-state index is 0.0354. The largest absolute Gasteiger partial charge is 0.417 e. The molecule has 6 rings (SSSR count). The van der Waals surface area contributed by atoms with Gasteiger partial charge in [-0.2, -0.15) is 18.3 Å². The molecule has 0 saturated heterocycles. The molecule has 1 aliphatic rings. The minimum Gasteiger partial charge on any atom is -0.323 e. The Hall–Kier alpha value is -4.31. The number of hydrogen-bond donors (Lipinski definition) is 2. The highest BCUT2D eigenvalue weighted by Gasteiger charge is 2.35. The fraction of sp³-hybridized carbons (Fsp3) is 0.179. The lowest BCUT2D eigenvalue weighted by Crippen LogP contribution is -2.31. The molecule has 0 spiro atoms. The highest BCUT2D eigenvalue weighted by atomic mass is 19.4. The monoisotopic (exact) mass is 518 g/mol. The van der Waals surface area contributed by atoms with E-state index < -0.39 is 17.6 Å². The molecule has 5 aromatic rings. The fourth-order valence-electron chi connectivity index (χ4n) is 4.80. The third-order valence-corrected chi connectivity index (χ3v) is 6.63. The zero-order valence-electron chi connectivity index (χ0n) is 20.1. The number of anilines is 2. The Morgan fingerprint density at radius 1 is 0.921 bits per heavy atom. The van der Waals surface area contributed by atoms with Crippen LogP contribution in [0.25, 0.3) is 22.3 Å². The lowest BCUT2D eigenvalue weighted by Gasteiger charge is -2.29. The number of benzene rings is 3. The van der Waals surface area contributed by atoms with Gasteiger partial charge >= 0.3 is 6.18 Å². The van der Waals surface area contributed by atoms with Crippen molar-refractivity contribution in [2.24, 2.45) is 0 Å². The zero-order valence-corrected chi connectivity index (χ0v) is 20.1. The number of aromatic amines is 1. The van der Waals surface area contributed by atoms with Crippen molar-refractivity contribution >= 4 is 22.5 Å². The minimum atomic E-state index is -4.57. The van der Waals surface area contributed by atoms with Crippen LogP contribution in [0.5, 0.6) is 0 Å². The Morgan fingerprint density at radius 2 is 1.71 bits per heavy atom. The predicted octanol–water partition coefficient (Wildman–Crippen LogP) is 6.48. The number of alkyl halides is 3. The van der Waals surface area contributed by atoms with Gasteiger partial charge < -0.3 is 5.32 Å². The van der Waals surface area contributed by atoms with Crippen LogP contribution in [0.1, 0.15) is 22.4 Å². The quantitative estimate of drug-likeness (QED) is 0.261. The van der Waals surface area contributed by atoms with Crippen LogP contribution >= 0.6 is 0 Å². The summed E-state index contributed by atoms with van der Waals surface area (Å²) in [6, 6.07) is 19.5. The van der Waals surface area contributed by atoms with Gasteiger partial charge in [0, 0.05) is 36.1 Å². The molecule has 0 atom stereocenters. The Morgan fingerprint density at radius 3 is 2.53 bits per heavy atom. The number of nitrogens with zero attached hydrogens (tertiary/aromatic N) is 4. The number of H-pyrrole nitrogens is 1. The van der Waals surface area contributed by atoms with Crippen LogP contribution in [-0.2, 0) is 25.7 Å². The van der Waals surface area contributed by atoms with Crippen LogP contribution in [0.3, 0.4) is 0 Å². The van der Waals surface area contributed by atoms with Gasteiger partial charge in [-0.05, 0) is 36.2 Å². The second-order valence-corrected chi connectivity index (χ2v) is 9.20. The van der Waals surface area contributed by atoms with Crippen LogP contribution in [0.2, 0.25) is 0 Å². The maximum absolute atomic E-state index is 14.0. The molecule has 6 nitrogen and oxygen atoms in total. The van der Waals surface area contributed by atoms with E-state index in [-0.39, 0.29) is 11.4 Å². The molecule has 10 heteroatoms. The molecule has 0 radical (unpaired) electrons. The summed E-state index contributed by atoms with van der Waals surface area (Å²) in [7, 11) is 0. The summed E-state index contributed by atoms with van der Waals surface area (Å²) in [5.41, 5.74) is 2.28. The van der Waals surface area contributed by atoms with Gasteiger partial charge in [0.15, 0.2) is 11.6 Å². The molecule has 0 amide bonds. The number of halogens is 4. The SMILES string of the molecule is Fc1ccc2[nH]nc(Nc3nc(-c4ccccc4C(F)(F)F)nc4c3CCN(Cc3ccccc3)C4)c2c1. The highest BCUT2D eigenvalue weighted by Crippen LogP contribution is 2.38. The number of rotatable bonds is 5. The first-order valence-corrected chi connectivity index (χ1v) is 12.1. The molecule has 3 aromatic carbocycles. The van der Waals surface area contributed by atoms with Gasteiger partial charge in [-0.3, -0.25) is 10.00 Å². The maximum atomic E-state index is 14.0. The van der Waals surface area contributed by atoms with Crippen molar-refractivity contribution in [1.82, 2.24) is 25.1 Å². The smallest absolute Gasteiger partial charge is 0.323 e. The van der Waals surface area contributed by atoms with Crippen LogP contribution in [0.15, 0.2) is 72.8 Å². The summed E-state index contributed by atoms with van der Waals surface area (Å²) in [6.07, 6.45) is -3.98. The van der Waals surface area contributed by atoms with Gasteiger partial charge in [0.1, 0.15) is 11.6 Å². The van der Waals surface area contributed by atoms with E-state index in [0.29, 0.717) is 54.3 Å². The molecule has 3 heterocycles. The number of hydrogen-bond acceptors (Lipinski definition) is 5. The summed E-state index contributed by atoms with van der Waals surface area (Å²) >= 11 is 0. The Kier molecular flexibility index (Phi) is 6.03. The van der Waals surface area contributed by atoms with Crippen LogP contribution in [0, 0.1) is 5.82 Å². The summed E-state index contributed by atoms with van der Waals surface area (Å²) < 4.78 is 55.6. The molecule has 0 bridgehead atoms. The van der Waals surface area contributed by atoms with E-state index in [1.165, 1.54) is 30.3 Å². The van der Waals surface area contributed by atoms with Gasteiger partial charge in [-0.1, -0.05) is 48.5 Å². The molecule has 2 N–H and O–H groups in total. The molecular formula is C28H22F4N6. The van der Waals surface area contributed by atoms with Gasteiger partial charge in [0.05, 0.1) is 16.8 Å². The molecule has 192 valence electrons. The molecule has 1 aliphatic heterocycles. The molecular weight excluding hydrogens is 496 g/mol. The molecule has 38 heavy (non-hydrogen) atoms. The van der Waals surface area contributed by atoms with E-state index in [1.54, 1.807) is 6.07 Å². The average molecular weight is 519 g/mol. The fourth-order valence-corrected chi connectivity index (χ4v) is 4.80. The van der Waals surface area contributed by atoms with Crippen molar-refractivity contribution in [3.05, 3.63) is 101 Å². The first kappa shape index (κ1) is 24.1. The lowest BCUT2D eigenvalue weighted by molar-refractivity contribution is -0.137. The summed E-state index contributed by atoms with van der Waals surface area (Å²) in [5.74, 6) is 0.232. The van der Waals surface area contributed by atoms with Crippen molar-refractivity contribution in [2.75, 3.05) is 11.9 Å². The van der Waals surface area contributed by atoms with Crippen molar-refractivity contribution < 1.29 is 17.6 Å². The number of nitrogens with one attached hydrogen (secondary N) is 2. The highest BCUT2D eigenvalue weighted by molar-refractivity contribution is 5.91. The third kappa shape index (κ3) is 4.70. The van der Waals surface area contributed by atoms with E-state index in [0.717, 1.165) is 17.2 Å². The average Bonchev–Trinajstić information content (AvgIpc) is 3.30. The first-order chi connectivity index (χ1) is 18.3. The van der Waals surface area contributed by atoms with E-state index in [9.17, 15) is 17.6 Å². The van der Waals surface area contributed by atoms with Crippen LogP contribution in [0.4, 0.5) is 29.2 Å². The molecule has 0 saturated carbocycles. The van der Waals surface area contributed by atoms with Crippen molar-refractivity contribution in [3.8, 4) is 11.4 Å². The molecule has 0 fully saturated rings. The third-order valence-electron chi connectivity index (χ3n) is 6.63. The molecule has 2 aromatic heterocycles. The van der Waals surface area contributed by atoms with Crippen molar-refractivity contribution in [1.29, 1.82) is 0 Å². The second-order valence-electron chi connectivity index (χ2n) is 9.20. The zero-order chi connectivity index (χ0) is 26.3. The topological polar surface area (TPSA) is 69.7 Å². The van der Waals surface area contributed by atoms with Gasteiger partial charge in [-0.15, -0.1) is 0 Å². The van der Waals surface area contributed by atoms with Crippen LogP contribution < -0.4 is 5.32 Å². The summed E-state index contributed by atoms with van der Waals surface area (Å²) in [5, 5.41) is 10.8. The first-order valence-electron chi connectivity index (χ1n) is 12.1. The van der Waals surface area contributed by atoms with E-state index in [2.05, 4.69) is 30.4 Å².